The molecule has 2 heterocycles. The van der Waals surface area contributed by atoms with Crippen LogP contribution >= 0.6 is 11.3 Å². The molecule has 0 fully saturated rings. The summed E-state index contributed by atoms with van der Waals surface area (Å²) in [6.07, 6.45) is 0.923. The van der Waals surface area contributed by atoms with Gasteiger partial charge in [0.05, 0.1) is 21.3 Å². The van der Waals surface area contributed by atoms with Crippen LogP contribution in [0.3, 0.4) is 0 Å². The van der Waals surface area contributed by atoms with E-state index in [4.69, 9.17) is 0 Å². The molecule has 1 aliphatic rings. The molecule has 0 radical (unpaired) electrons. The van der Waals surface area contributed by atoms with Gasteiger partial charge >= 0.3 is 0 Å². The average Bonchev–Trinajstić information content (AvgIpc) is 3.19. The Balaban J connectivity index is 1.55. The lowest BCUT2D eigenvalue weighted by molar-refractivity contribution is -0.119. The molecule has 1 aromatic heterocycles. The van der Waals surface area contributed by atoms with Crippen molar-refractivity contribution in [1.29, 1.82) is 0 Å². The fourth-order valence-corrected chi connectivity index (χ4v) is 4.06. The Labute approximate surface area is 159 Å². The van der Waals surface area contributed by atoms with Gasteiger partial charge in [-0.1, -0.05) is 36.5 Å². The zero-order valence-electron chi connectivity index (χ0n) is 14.9. The van der Waals surface area contributed by atoms with Crippen LogP contribution in [0.15, 0.2) is 42.5 Å². The van der Waals surface area contributed by atoms with Crippen molar-refractivity contribution in [3.8, 4) is 0 Å². The second-order valence-electron chi connectivity index (χ2n) is 6.37. The highest BCUT2D eigenvalue weighted by atomic mass is 32.1. The van der Waals surface area contributed by atoms with Crippen molar-refractivity contribution in [1.82, 2.24) is 9.88 Å². The highest BCUT2D eigenvalue weighted by molar-refractivity contribution is 7.22. The fourth-order valence-electron chi connectivity index (χ4n) is 3.13. The molecule has 0 saturated carbocycles. The molecule has 0 aliphatic carbocycles. The predicted octanol–water partition coefficient (Wildman–Crippen LogP) is 3.48. The van der Waals surface area contributed by atoms with E-state index in [1.165, 1.54) is 16.9 Å². The van der Waals surface area contributed by atoms with Crippen LogP contribution in [-0.4, -0.2) is 33.6 Å². The number of hydrogen-bond acceptors (Lipinski definition) is 5. The number of aryl methyl sites for hydroxylation is 1. The van der Waals surface area contributed by atoms with Crippen molar-refractivity contribution in [3.63, 3.8) is 0 Å². The molecule has 1 atom stereocenters. The number of amides is 3. The molecule has 3 aromatic rings. The van der Waals surface area contributed by atoms with Crippen molar-refractivity contribution < 1.29 is 14.4 Å². The van der Waals surface area contributed by atoms with E-state index in [-0.39, 0.29) is 0 Å². The Morgan fingerprint density at radius 3 is 2.44 bits per heavy atom. The van der Waals surface area contributed by atoms with Crippen LogP contribution in [0.5, 0.6) is 0 Å². The molecule has 6 nitrogen and oxygen atoms in total. The van der Waals surface area contributed by atoms with E-state index in [1.807, 2.05) is 12.1 Å². The number of nitrogens with zero attached hydrogens (tertiary/aromatic N) is 2. The summed E-state index contributed by atoms with van der Waals surface area (Å²) in [6.45, 7) is 3.62. The Morgan fingerprint density at radius 2 is 1.81 bits per heavy atom. The molecular weight excluding hydrogens is 362 g/mol. The average molecular weight is 379 g/mol. The van der Waals surface area contributed by atoms with Crippen LogP contribution in [0.2, 0.25) is 0 Å². The number of anilines is 1. The third-order valence-corrected chi connectivity index (χ3v) is 5.62. The highest BCUT2D eigenvalue weighted by Crippen LogP contribution is 2.28. The Bertz CT molecular complexity index is 1050. The van der Waals surface area contributed by atoms with Gasteiger partial charge in [-0.3, -0.25) is 19.3 Å². The summed E-state index contributed by atoms with van der Waals surface area (Å²) < 4.78 is 0.984. The van der Waals surface area contributed by atoms with Gasteiger partial charge in [-0.2, -0.15) is 0 Å². The van der Waals surface area contributed by atoms with Gasteiger partial charge in [-0.05, 0) is 43.2 Å². The highest BCUT2D eigenvalue weighted by Gasteiger charge is 2.40. The number of fused-ring (bicyclic) bond motifs is 2. The van der Waals surface area contributed by atoms with Gasteiger partial charge in [0.1, 0.15) is 6.04 Å². The maximum Gasteiger partial charge on any atom is 0.262 e. The van der Waals surface area contributed by atoms with E-state index in [2.05, 4.69) is 23.3 Å². The first-order valence-electron chi connectivity index (χ1n) is 8.67. The first-order valence-corrected chi connectivity index (χ1v) is 9.48. The van der Waals surface area contributed by atoms with E-state index in [0.29, 0.717) is 16.3 Å². The van der Waals surface area contributed by atoms with Gasteiger partial charge < -0.3 is 5.32 Å². The number of carbonyl (C=O) groups is 3. The van der Waals surface area contributed by atoms with Crippen molar-refractivity contribution in [3.05, 3.63) is 59.2 Å². The van der Waals surface area contributed by atoms with Crippen LogP contribution in [0.25, 0.3) is 10.2 Å². The number of carbonyl (C=O) groups excluding carboxylic acids is 3. The summed E-state index contributed by atoms with van der Waals surface area (Å²) in [5, 5.41) is 3.19. The molecule has 4 rings (SSSR count). The van der Waals surface area contributed by atoms with Crippen LogP contribution in [0, 0.1) is 0 Å². The molecule has 136 valence electrons. The van der Waals surface area contributed by atoms with E-state index in [1.54, 1.807) is 31.2 Å². The molecule has 7 heteroatoms. The molecule has 1 aliphatic heterocycles. The van der Waals surface area contributed by atoms with Gasteiger partial charge in [-0.25, -0.2) is 4.98 Å². The lowest BCUT2D eigenvalue weighted by Crippen LogP contribution is -2.45. The molecule has 0 spiro atoms. The number of imide groups is 1. The second kappa shape index (κ2) is 6.59. The largest absolute Gasteiger partial charge is 0.300 e. The van der Waals surface area contributed by atoms with E-state index in [9.17, 15) is 14.4 Å². The maximum absolute atomic E-state index is 12.7. The Kier molecular flexibility index (Phi) is 4.24. The number of nitrogens with one attached hydrogen (secondary N) is 1. The van der Waals surface area contributed by atoms with Gasteiger partial charge in [0.15, 0.2) is 5.13 Å². The molecule has 27 heavy (non-hydrogen) atoms. The first-order chi connectivity index (χ1) is 13.0. The first kappa shape index (κ1) is 17.4. The quantitative estimate of drug-likeness (QED) is 0.704. The minimum absolute atomic E-state index is 0.328. The number of thiazole rings is 1. The van der Waals surface area contributed by atoms with Crippen molar-refractivity contribution >= 4 is 44.4 Å². The van der Waals surface area contributed by atoms with Crippen molar-refractivity contribution in [2.24, 2.45) is 0 Å². The van der Waals surface area contributed by atoms with Crippen molar-refractivity contribution in [2.45, 2.75) is 26.3 Å². The molecular formula is C20H17N3O3S. The molecule has 3 amide bonds. The molecule has 0 unspecified atom stereocenters. The van der Waals surface area contributed by atoms with E-state index >= 15 is 0 Å². The summed E-state index contributed by atoms with van der Waals surface area (Å²) in [7, 11) is 0. The standard InChI is InChI=1S/C20H17N3O3S/c1-3-12-8-9-15-16(10-12)27-20(21-15)22-17(24)11(2)23-18(25)13-6-4-5-7-14(13)19(23)26/h4-11H,3H2,1-2H3,(H,21,22,24)/t11-/m0/s1. The number of rotatable bonds is 4. The van der Waals surface area contributed by atoms with Crippen LogP contribution in [0.4, 0.5) is 5.13 Å². The van der Waals surface area contributed by atoms with Crippen LogP contribution < -0.4 is 5.32 Å². The lowest BCUT2D eigenvalue weighted by atomic mass is 10.1. The Hall–Kier alpha value is -3.06. The summed E-state index contributed by atoms with van der Waals surface area (Å²) >= 11 is 1.37. The fraction of sp³-hybridized carbons (Fsp3) is 0.200. The summed E-state index contributed by atoms with van der Waals surface area (Å²) in [4.78, 5) is 43.1. The third-order valence-electron chi connectivity index (χ3n) is 4.68. The SMILES string of the molecule is CCc1ccc2nc(NC(=O)[C@H](C)N3C(=O)c4ccccc4C3=O)sc2c1. The lowest BCUT2D eigenvalue weighted by Gasteiger charge is -2.21. The van der Waals surface area contributed by atoms with Gasteiger partial charge in [0.2, 0.25) is 5.91 Å². The number of hydrogen-bond donors (Lipinski definition) is 1. The molecule has 1 N–H and O–H groups in total. The smallest absolute Gasteiger partial charge is 0.262 e. The minimum Gasteiger partial charge on any atom is -0.300 e. The zero-order valence-corrected chi connectivity index (χ0v) is 15.7. The van der Waals surface area contributed by atoms with Gasteiger partial charge in [-0.15, -0.1) is 0 Å². The maximum atomic E-state index is 12.7. The number of benzene rings is 2. The Morgan fingerprint density at radius 1 is 1.15 bits per heavy atom. The van der Waals surface area contributed by atoms with Crippen molar-refractivity contribution in [2.75, 3.05) is 5.32 Å². The second-order valence-corrected chi connectivity index (χ2v) is 7.40. The van der Waals surface area contributed by atoms with Crippen LogP contribution in [0.1, 0.15) is 40.1 Å². The van der Waals surface area contributed by atoms with E-state index < -0.39 is 23.8 Å². The molecule has 0 bridgehead atoms. The predicted molar refractivity (Wildman–Crippen MR) is 104 cm³/mol. The number of aromatic nitrogens is 1. The summed E-state index contributed by atoms with van der Waals surface area (Å²) in [5.74, 6) is -1.34. The van der Waals surface area contributed by atoms with Gasteiger partial charge in [0.25, 0.3) is 11.8 Å². The van der Waals surface area contributed by atoms with Crippen LogP contribution in [-0.2, 0) is 11.2 Å². The van der Waals surface area contributed by atoms with Gasteiger partial charge in [0, 0.05) is 0 Å². The third kappa shape index (κ3) is 2.90. The minimum atomic E-state index is -0.935. The van der Waals surface area contributed by atoms with E-state index in [0.717, 1.165) is 21.5 Å². The zero-order chi connectivity index (χ0) is 19.1. The summed E-state index contributed by atoms with van der Waals surface area (Å²) in [6, 6.07) is 11.6. The monoisotopic (exact) mass is 379 g/mol. The molecule has 2 aromatic carbocycles. The normalized spacial score (nSPS) is 14.5. The summed E-state index contributed by atoms with van der Waals surface area (Å²) in [5.41, 5.74) is 2.66. The molecule has 0 saturated heterocycles. The topological polar surface area (TPSA) is 79.4 Å².